The number of para-hydroxylation sites is 4. The zero-order valence-corrected chi connectivity index (χ0v) is 17.7. The lowest BCUT2D eigenvalue weighted by atomic mass is 10.3. The van der Waals surface area contributed by atoms with Crippen LogP contribution in [0.5, 0.6) is 0 Å². The first-order valence-electron chi connectivity index (χ1n) is 10.5. The number of hydrogen-bond acceptors (Lipinski definition) is 3. The third-order valence-electron chi connectivity index (χ3n) is 5.24. The molecule has 30 heavy (non-hydrogen) atoms. The number of benzene rings is 2. The van der Waals surface area contributed by atoms with E-state index in [4.69, 9.17) is 0 Å². The molecule has 0 bridgehead atoms. The van der Waals surface area contributed by atoms with Gasteiger partial charge < -0.3 is 20.2 Å². The fourth-order valence-corrected chi connectivity index (χ4v) is 3.73. The predicted octanol–water partition coefficient (Wildman–Crippen LogP) is 3.41. The van der Waals surface area contributed by atoms with Crippen molar-refractivity contribution < 1.29 is 0 Å². The summed E-state index contributed by atoms with van der Waals surface area (Å²) in [6.07, 6.45) is 2.90. The van der Waals surface area contributed by atoms with Crippen LogP contribution in [-0.4, -0.2) is 45.6 Å². The molecule has 0 fully saturated rings. The molecule has 4 aromatic rings. The molecule has 0 saturated carbocycles. The summed E-state index contributed by atoms with van der Waals surface area (Å²) in [7, 11) is 1.81. The zero-order valence-electron chi connectivity index (χ0n) is 17.7. The van der Waals surface area contributed by atoms with Crippen molar-refractivity contribution in [2.24, 2.45) is 4.99 Å². The second-order valence-electron chi connectivity index (χ2n) is 7.38. The molecule has 0 amide bonds. The van der Waals surface area contributed by atoms with Gasteiger partial charge in [-0.25, -0.2) is 9.97 Å². The molecule has 2 aromatic carbocycles. The molecule has 2 aromatic heterocycles. The minimum atomic E-state index is 0.840. The maximum Gasteiger partial charge on any atom is 0.190 e. The fraction of sp³-hybridized carbons (Fsp3) is 0.348. The van der Waals surface area contributed by atoms with Gasteiger partial charge in [0.2, 0.25) is 0 Å². The van der Waals surface area contributed by atoms with Crippen LogP contribution in [-0.2, 0) is 13.0 Å². The van der Waals surface area contributed by atoms with Crippen molar-refractivity contribution in [1.29, 1.82) is 0 Å². The Hall–Kier alpha value is -3.35. The van der Waals surface area contributed by atoms with Gasteiger partial charge in [0.25, 0.3) is 0 Å². The molecule has 0 aliphatic carbocycles. The maximum atomic E-state index is 4.63. The summed E-state index contributed by atoms with van der Waals surface area (Å²) >= 11 is 0. The molecule has 3 N–H and O–H groups in total. The van der Waals surface area contributed by atoms with E-state index in [-0.39, 0.29) is 0 Å². The summed E-state index contributed by atoms with van der Waals surface area (Å²) in [5.74, 6) is 2.93. The van der Waals surface area contributed by atoms with Crippen LogP contribution in [0.2, 0.25) is 0 Å². The molecule has 156 valence electrons. The van der Waals surface area contributed by atoms with Gasteiger partial charge in [0.1, 0.15) is 11.6 Å². The second-order valence-corrected chi connectivity index (χ2v) is 7.38. The molecule has 0 atom stereocenters. The third kappa shape index (κ3) is 4.62. The van der Waals surface area contributed by atoms with Gasteiger partial charge in [-0.1, -0.05) is 24.3 Å². The first-order chi connectivity index (χ1) is 14.7. The van der Waals surface area contributed by atoms with Crippen LogP contribution in [0.25, 0.3) is 22.1 Å². The average Bonchev–Trinajstić information content (AvgIpc) is 3.32. The van der Waals surface area contributed by atoms with Crippen molar-refractivity contribution >= 4 is 28.0 Å². The Morgan fingerprint density at radius 2 is 1.70 bits per heavy atom. The number of imidazole rings is 2. The summed E-state index contributed by atoms with van der Waals surface area (Å²) < 4.78 is 2.28. The summed E-state index contributed by atoms with van der Waals surface area (Å²) in [5.41, 5.74) is 4.38. The highest BCUT2D eigenvalue weighted by Gasteiger charge is 2.06. The lowest BCUT2D eigenvalue weighted by molar-refractivity contribution is 0.622. The SMILES string of the molecule is CN=C(NCCCc1nc2ccccc2[nH]1)NCCCn1c(C)nc2ccccc21. The van der Waals surface area contributed by atoms with Crippen molar-refractivity contribution in [1.82, 2.24) is 30.2 Å². The smallest absolute Gasteiger partial charge is 0.190 e. The monoisotopic (exact) mass is 403 g/mol. The van der Waals surface area contributed by atoms with E-state index in [0.29, 0.717) is 0 Å². The molecule has 0 unspecified atom stereocenters. The Kier molecular flexibility index (Phi) is 6.27. The molecule has 2 heterocycles. The number of aryl methyl sites for hydroxylation is 3. The Bertz CT molecular complexity index is 1110. The van der Waals surface area contributed by atoms with E-state index in [9.17, 15) is 0 Å². The first-order valence-corrected chi connectivity index (χ1v) is 10.5. The number of aromatic amines is 1. The van der Waals surface area contributed by atoms with Crippen molar-refractivity contribution in [3.8, 4) is 0 Å². The highest BCUT2D eigenvalue weighted by atomic mass is 15.2. The molecule has 0 radical (unpaired) electrons. The summed E-state index contributed by atoms with van der Waals surface area (Å²) in [6.45, 7) is 4.70. The molecule has 7 heteroatoms. The normalized spacial score (nSPS) is 12.0. The van der Waals surface area contributed by atoms with Crippen molar-refractivity contribution in [2.45, 2.75) is 32.7 Å². The van der Waals surface area contributed by atoms with Gasteiger partial charge in [0, 0.05) is 33.1 Å². The van der Waals surface area contributed by atoms with E-state index in [1.165, 1.54) is 5.52 Å². The van der Waals surface area contributed by atoms with Crippen LogP contribution < -0.4 is 10.6 Å². The van der Waals surface area contributed by atoms with Crippen LogP contribution in [0.4, 0.5) is 0 Å². The summed E-state index contributed by atoms with van der Waals surface area (Å²) in [5, 5.41) is 6.79. The Morgan fingerprint density at radius 1 is 0.967 bits per heavy atom. The molecule has 0 saturated heterocycles. The van der Waals surface area contributed by atoms with Crippen LogP contribution in [0.3, 0.4) is 0 Å². The quantitative estimate of drug-likeness (QED) is 0.239. The predicted molar refractivity (Wildman–Crippen MR) is 123 cm³/mol. The molecule has 0 aliphatic heterocycles. The lowest BCUT2D eigenvalue weighted by Crippen LogP contribution is -2.38. The number of hydrogen-bond donors (Lipinski definition) is 3. The van der Waals surface area contributed by atoms with Crippen LogP contribution in [0, 0.1) is 6.92 Å². The number of nitrogens with one attached hydrogen (secondary N) is 3. The minimum Gasteiger partial charge on any atom is -0.356 e. The number of guanidine groups is 1. The van der Waals surface area contributed by atoms with E-state index >= 15 is 0 Å². The lowest BCUT2D eigenvalue weighted by Gasteiger charge is -2.12. The van der Waals surface area contributed by atoms with Crippen LogP contribution in [0.1, 0.15) is 24.5 Å². The topological polar surface area (TPSA) is 82.9 Å². The van der Waals surface area contributed by atoms with Gasteiger partial charge in [0.15, 0.2) is 5.96 Å². The molecule has 0 aliphatic rings. The Morgan fingerprint density at radius 3 is 2.50 bits per heavy atom. The number of aromatic nitrogens is 4. The van der Waals surface area contributed by atoms with Gasteiger partial charge in [-0.3, -0.25) is 4.99 Å². The molecular formula is C23H29N7. The largest absolute Gasteiger partial charge is 0.356 e. The van der Waals surface area contributed by atoms with Gasteiger partial charge >= 0.3 is 0 Å². The Balaban J connectivity index is 1.18. The number of fused-ring (bicyclic) bond motifs is 2. The van der Waals surface area contributed by atoms with Crippen molar-refractivity contribution in [2.75, 3.05) is 20.1 Å². The number of rotatable bonds is 8. The average molecular weight is 404 g/mol. The van der Waals surface area contributed by atoms with E-state index < -0.39 is 0 Å². The summed E-state index contributed by atoms with van der Waals surface area (Å²) in [6, 6.07) is 16.4. The van der Waals surface area contributed by atoms with E-state index in [1.807, 2.05) is 31.3 Å². The highest BCUT2D eigenvalue weighted by molar-refractivity contribution is 5.79. The van der Waals surface area contributed by atoms with Crippen LogP contribution >= 0.6 is 0 Å². The van der Waals surface area contributed by atoms with Gasteiger partial charge in [0.05, 0.1) is 22.1 Å². The molecular weight excluding hydrogens is 374 g/mol. The van der Waals surface area contributed by atoms with Crippen LogP contribution in [0.15, 0.2) is 53.5 Å². The minimum absolute atomic E-state index is 0.840. The van der Waals surface area contributed by atoms with Crippen molar-refractivity contribution in [3.63, 3.8) is 0 Å². The number of H-pyrrole nitrogens is 1. The highest BCUT2D eigenvalue weighted by Crippen LogP contribution is 2.15. The number of nitrogens with zero attached hydrogens (tertiary/aromatic N) is 4. The molecule has 4 rings (SSSR count). The Labute approximate surface area is 176 Å². The van der Waals surface area contributed by atoms with Gasteiger partial charge in [-0.2, -0.15) is 0 Å². The standard InChI is InChI=1S/C23H29N7/c1-17-27-20-11-5-6-12-21(20)30(17)16-8-15-26-23(24-2)25-14-7-13-22-28-18-9-3-4-10-19(18)29-22/h3-6,9-12H,7-8,13-16H2,1-2H3,(H,28,29)(H2,24,25,26). The van der Waals surface area contributed by atoms with Gasteiger partial charge in [-0.05, 0) is 44.0 Å². The zero-order chi connectivity index (χ0) is 20.8. The molecule has 0 spiro atoms. The number of aliphatic imine (C=N–C) groups is 1. The van der Waals surface area contributed by atoms with E-state index in [1.54, 1.807) is 0 Å². The summed E-state index contributed by atoms with van der Waals surface area (Å²) in [4.78, 5) is 17.0. The van der Waals surface area contributed by atoms with E-state index in [0.717, 1.165) is 73.1 Å². The molecule has 7 nitrogen and oxygen atoms in total. The van der Waals surface area contributed by atoms with E-state index in [2.05, 4.69) is 66.3 Å². The second kappa shape index (κ2) is 9.43. The third-order valence-corrected chi connectivity index (χ3v) is 5.24. The van der Waals surface area contributed by atoms with Gasteiger partial charge in [-0.15, -0.1) is 0 Å². The maximum absolute atomic E-state index is 4.63. The van der Waals surface area contributed by atoms with Crippen molar-refractivity contribution in [3.05, 3.63) is 60.2 Å². The first kappa shape index (κ1) is 19.9. The fourth-order valence-electron chi connectivity index (χ4n) is 3.73.